The van der Waals surface area contributed by atoms with Crippen LogP contribution in [0.25, 0.3) is 0 Å². The molecule has 2 aromatic carbocycles. The summed E-state index contributed by atoms with van der Waals surface area (Å²) >= 11 is 0. The Labute approximate surface area is 127 Å². The number of hydrogen-bond donors (Lipinski definition) is 4. The quantitative estimate of drug-likeness (QED) is 0.500. The van der Waals surface area contributed by atoms with Crippen molar-refractivity contribution >= 4 is 29.3 Å². The number of urea groups is 1. The first kappa shape index (κ1) is 15.0. The zero-order chi connectivity index (χ0) is 16.1. The summed E-state index contributed by atoms with van der Waals surface area (Å²) in [6.45, 7) is 0. The molecule has 0 aliphatic heterocycles. The molecular weight excluding hydrogens is 280 g/mol. The molecular formula is C15H16N6O. The topological polar surface area (TPSA) is 123 Å². The zero-order valence-electron chi connectivity index (χ0n) is 11.7. The molecule has 7 heteroatoms. The van der Waals surface area contributed by atoms with Gasteiger partial charge in [-0.2, -0.15) is 0 Å². The van der Waals surface area contributed by atoms with E-state index >= 15 is 0 Å². The molecule has 7 nitrogen and oxygen atoms in total. The molecule has 2 amide bonds. The van der Waals surface area contributed by atoms with Crippen LogP contribution >= 0.6 is 0 Å². The molecule has 0 aliphatic carbocycles. The van der Waals surface area contributed by atoms with Crippen LogP contribution in [0.2, 0.25) is 0 Å². The monoisotopic (exact) mass is 296 g/mol. The molecule has 0 fully saturated rings. The summed E-state index contributed by atoms with van der Waals surface area (Å²) in [5.74, 6) is -0.920. The Morgan fingerprint density at radius 1 is 0.727 bits per heavy atom. The van der Waals surface area contributed by atoms with E-state index in [1.54, 1.807) is 60.7 Å². The second kappa shape index (κ2) is 6.40. The number of hydrogen-bond acceptors (Lipinski definition) is 3. The van der Waals surface area contributed by atoms with Gasteiger partial charge in [-0.25, -0.2) is 14.6 Å². The van der Waals surface area contributed by atoms with Crippen molar-refractivity contribution in [3.63, 3.8) is 0 Å². The largest absolute Gasteiger partial charge is 0.369 e. The minimum absolute atomic E-state index is 0.419. The molecule has 0 saturated heterocycles. The van der Waals surface area contributed by atoms with Crippen LogP contribution in [0.5, 0.6) is 0 Å². The molecule has 6 N–H and O–H groups in total. The Kier molecular flexibility index (Phi) is 4.38. The van der Waals surface area contributed by atoms with Gasteiger partial charge in [-0.1, -0.05) is 36.4 Å². The number of carbonyl (C=O) groups is 1. The van der Waals surface area contributed by atoms with Crippen LogP contribution in [0, 0.1) is 10.8 Å². The molecule has 0 heterocycles. The van der Waals surface area contributed by atoms with Crippen molar-refractivity contribution in [3.8, 4) is 0 Å². The fourth-order valence-electron chi connectivity index (χ4n) is 1.96. The van der Waals surface area contributed by atoms with E-state index in [1.165, 1.54) is 0 Å². The van der Waals surface area contributed by atoms with E-state index < -0.39 is 18.0 Å². The standard InChI is InChI=1S/C15H16N6O/c16-13(17)20(11-7-3-1-4-8-11)15(22)21(14(18)19)12-9-5-2-6-10-12/h1-10H,(H3,16,17)(H3,18,19). The Balaban J connectivity index is 2.45. The lowest BCUT2D eigenvalue weighted by Gasteiger charge is -2.28. The zero-order valence-corrected chi connectivity index (χ0v) is 11.7. The highest BCUT2D eigenvalue weighted by Gasteiger charge is 2.27. The average molecular weight is 296 g/mol. The average Bonchev–Trinajstić information content (AvgIpc) is 2.49. The van der Waals surface area contributed by atoms with Crippen LogP contribution < -0.4 is 21.3 Å². The third-order valence-electron chi connectivity index (χ3n) is 2.89. The lowest BCUT2D eigenvalue weighted by atomic mass is 10.3. The van der Waals surface area contributed by atoms with E-state index in [1.807, 2.05) is 0 Å². The number of guanidine groups is 2. The molecule has 0 spiro atoms. The predicted octanol–water partition coefficient (Wildman–Crippen LogP) is 1.91. The van der Waals surface area contributed by atoms with Gasteiger partial charge in [0.25, 0.3) is 0 Å². The maximum atomic E-state index is 12.7. The summed E-state index contributed by atoms with van der Waals surface area (Å²) in [5, 5.41) is 15.3. The first-order valence-corrected chi connectivity index (χ1v) is 6.44. The molecule has 0 aromatic heterocycles. The van der Waals surface area contributed by atoms with Crippen molar-refractivity contribution in [3.05, 3.63) is 60.7 Å². The second-order valence-electron chi connectivity index (χ2n) is 4.39. The Bertz CT molecular complexity index is 626. The van der Waals surface area contributed by atoms with Crippen molar-refractivity contribution < 1.29 is 4.79 Å². The van der Waals surface area contributed by atoms with Gasteiger partial charge >= 0.3 is 6.03 Å². The van der Waals surface area contributed by atoms with Crippen LogP contribution in [0.3, 0.4) is 0 Å². The number of carbonyl (C=O) groups excluding carboxylic acids is 1. The SMILES string of the molecule is N=C(N)N(C(=O)N(C(=N)N)c1ccccc1)c1ccccc1. The van der Waals surface area contributed by atoms with E-state index in [0.29, 0.717) is 11.4 Å². The molecule has 2 aromatic rings. The third kappa shape index (κ3) is 3.04. The van der Waals surface area contributed by atoms with Gasteiger partial charge in [-0.15, -0.1) is 0 Å². The number of para-hydroxylation sites is 2. The van der Waals surface area contributed by atoms with Crippen LogP contribution in [0.1, 0.15) is 0 Å². The number of rotatable bonds is 2. The minimum Gasteiger partial charge on any atom is -0.369 e. The summed E-state index contributed by atoms with van der Waals surface area (Å²) < 4.78 is 0. The summed E-state index contributed by atoms with van der Waals surface area (Å²) in [6.07, 6.45) is 0. The fraction of sp³-hybridized carbons (Fsp3) is 0. The number of amides is 2. The third-order valence-corrected chi connectivity index (χ3v) is 2.89. The van der Waals surface area contributed by atoms with Gasteiger partial charge in [0, 0.05) is 0 Å². The number of nitrogens with one attached hydrogen (secondary N) is 2. The van der Waals surface area contributed by atoms with Crippen LogP contribution in [-0.2, 0) is 0 Å². The normalized spacial score (nSPS) is 9.82. The van der Waals surface area contributed by atoms with Gasteiger partial charge in [-0.05, 0) is 24.3 Å². The van der Waals surface area contributed by atoms with Crippen molar-refractivity contribution in [1.29, 1.82) is 10.8 Å². The Hall–Kier alpha value is -3.35. The van der Waals surface area contributed by atoms with Gasteiger partial charge in [0.1, 0.15) is 0 Å². The smallest absolute Gasteiger partial charge is 0.342 e. The van der Waals surface area contributed by atoms with Gasteiger partial charge < -0.3 is 11.5 Å². The molecule has 0 atom stereocenters. The van der Waals surface area contributed by atoms with E-state index in [9.17, 15) is 4.79 Å². The summed E-state index contributed by atoms with van der Waals surface area (Å²) in [7, 11) is 0. The van der Waals surface area contributed by atoms with Gasteiger partial charge in [0.05, 0.1) is 11.4 Å². The van der Waals surface area contributed by atoms with Crippen LogP contribution in [0.15, 0.2) is 60.7 Å². The molecule has 0 saturated carbocycles. The van der Waals surface area contributed by atoms with Gasteiger partial charge in [0.2, 0.25) is 11.9 Å². The first-order chi connectivity index (χ1) is 10.5. The predicted molar refractivity (Wildman–Crippen MR) is 87.1 cm³/mol. The minimum atomic E-state index is -0.697. The second-order valence-corrected chi connectivity index (χ2v) is 4.39. The lowest BCUT2D eigenvalue weighted by Crippen LogP contribution is -2.53. The van der Waals surface area contributed by atoms with Crippen molar-refractivity contribution in [2.75, 3.05) is 9.80 Å². The maximum absolute atomic E-state index is 12.7. The summed E-state index contributed by atoms with van der Waals surface area (Å²) in [5.41, 5.74) is 11.9. The number of nitrogens with zero attached hydrogens (tertiary/aromatic N) is 2. The Morgan fingerprint density at radius 2 is 1.05 bits per heavy atom. The van der Waals surface area contributed by atoms with Crippen molar-refractivity contribution in [2.24, 2.45) is 11.5 Å². The molecule has 2 rings (SSSR count). The first-order valence-electron chi connectivity index (χ1n) is 6.44. The lowest BCUT2D eigenvalue weighted by molar-refractivity contribution is 0.256. The molecule has 22 heavy (non-hydrogen) atoms. The molecule has 0 bridgehead atoms. The highest BCUT2D eigenvalue weighted by molar-refractivity contribution is 6.26. The van der Waals surface area contributed by atoms with E-state index in [2.05, 4.69) is 0 Å². The van der Waals surface area contributed by atoms with E-state index in [-0.39, 0.29) is 0 Å². The van der Waals surface area contributed by atoms with E-state index in [4.69, 9.17) is 22.3 Å². The molecule has 0 aliphatic rings. The Morgan fingerprint density at radius 3 is 1.32 bits per heavy atom. The van der Waals surface area contributed by atoms with E-state index in [0.717, 1.165) is 9.80 Å². The van der Waals surface area contributed by atoms with Gasteiger partial charge in [0.15, 0.2) is 0 Å². The van der Waals surface area contributed by atoms with Crippen LogP contribution in [-0.4, -0.2) is 18.0 Å². The molecule has 0 radical (unpaired) electrons. The maximum Gasteiger partial charge on any atom is 0.342 e. The summed E-state index contributed by atoms with van der Waals surface area (Å²) in [6, 6.07) is 16.3. The van der Waals surface area contributed by atoms with Crippen molar-refractivity contribution in [2.45, 2.75) is 0 Å². The molecule has 112 valence electrons. The van der Waals surface area contributed by atoms with Gasteiger partial charge in [-0.3, -0.25) is 10.8 Å². The fourth-order valence-corrected chi connectivity index (χ4v) is 1.96. The highest BCUT2D eigenvalue weighted by atomic mass is 16.2. The van der Waals surface area contributed by atoms with Crippen molar-refractivity contribution in [1.82, 2.24) is 0 Å². The number of benzene rings is 2. The van der Waals surface area contributed by atoms with Crippen LogP contribution in [0.4, 0.5) is 16.2 Å². The number of anilines is 2. The molecule has 0 unspecified atom stereocenters. The number of nitrogens with two attached hydrogens (primary N) is 2. The summed E-state index contributed by atoms with van der Waals surface area (Å²) in [4.78, 5) is 14.7. The highest BCUT2D eigenvalue weighted by Crippen LogP contribution is 2.19.